The van der Waals surface area contributed by atoms with E-state index in [0.29, 0.717) is 18.6 Å². The Morgan fingerprint density at radius 1 is 1.40 bits per heavy atom. The van der Waals surface area contributed by atoms with Gasteiger partial charge in [-0.2, -0.15) is 0 Å². The molecule has 0 saturated carbocycles. The molecule has 0 spiro atoms. The maximum atomic E-state index is 9.58. The SMILES string of the molecule is CC(C)CNCC1(CN2CCCCC2CO)CCOC1. The van der Waals surface area contributed by atoms with Crippen molar-refractivity contribution in [2.24, 2.45) is 11.3 Å². The molecular formula is C16H32N2O2. The van der Waals surface area contributed by atoms with E-state index in [0.717, 1.165) is 52.2 Å². The van der Waals surface area contributed by atoms with Crippen molar-refractivity contribution in [3.05, 3.63) is 0 Å². The molecule has 20 heavy (non-hydrogen) atoms. The number of hydrogen-bond donors (Lipinski definition) is 2. The van der Waals surface area contributed by atoms with E-state index < -0.39 is 0 Å². The zero-order valence-electron chi connectivity index (χ0n) is 13.2. The molecular weight excluding hydrogens is 252 g/mol. The first-order chi connectivity index (χ1) is 9.65. The fraction of sp³-hybridized carbons (Fsp3) is 1.00. The Hall–Kier alpha value is -0.160. The van der Waals surface area contributed by atoms with E-state index in [9.17, 15) is 5.11 Å². The minimum atomic E-state index is 0.250. The first-order valence-electron chi connectivity index (χ1n) is 8.28. The van der Waals surface area contributed by atoms with Gasteiger partial charge in [-0.1, -0.05) is 20.3 Å². The Balaban J connectivity index is 1.90. The largest absolute Gasteiger partial charge is 0.395 e. The summed E-state index contributed by atoms with van der Waals surface area (Å²) in [5, 5.41) is 13.2. The predicted octanol–water partition coefficient (Wildman–Crippen LogP) is 1.49. The molecule has 2 heterocycles. The average molecular weight is 284 g/mol. The number of hydrogen-bond acceptors (Lipinski definition) is 4. The van der Waals surface area contributed by atoms with Crippen molar-refractivity contribution in [2.45, 2.75) is 45.6 Å². The molecule has 0 amide bonds. The van der Waals surface area contributed by atoms with Gasteiger partial charge in [0.25, 0.3) is 0 Å². The summed E-state index contributed by atoms with van der Waals surface area (Å²) < 4.78 is 5.70. The molecule has 0 aromatic carbocycles. The van der Waals surface area contributed by atoms with Gasteiger partial charge in [-0.25, -0.2) is 0 Å². The molecule has 4 heteroatoms. The van der Waals surface area contributed by atoms with Gasteiger partial charge in [-0.3, -0.25) is 4.90 Å². The van der Waals surface area contributed by atoms with Gasteiger partial charge in [-0.05, 0) is 38.3 Å². The van der Waals surface area contributed by atoms with Gasteiger partial charge < -0.3 is 15.2 Å². The van der Waals surface area contributed by atoms with Gasteiger partial charge >= 0.3 is 0 Å². The molecule has 0 bridgehead atoms. The van der Waals surface area contributed by atoms with Crippen LogP contribution in [0.3, 0.4) is 0 Å². The lowest BCUT2D eigenvalue weighted by molar-refractivity contribution is 0.0400. The Morgan fingerprint density at radius 2 is 2.25 bits per heavy atom. The molecule has 2 N–H and O–H groups in total. The minimum absolute atomic E-state index is 0.250. The van der Waals surface area contributed by atoms with Crippen molar-refractivity contribution in [3.8, 4) is 0 Å². The molecule has 2 saturated heterocycles. The van der Waals surface area contributed by atoms with Gasteiger partial charge in [-0.15, -0.1) is 0 Å². The fourth-order valence-electron chi connectivity index (χ4n) is 3.50. The van der Waals surface area contributed by atoms with Crippen molar-refractivity contribution in [3.63, 3.8) is 0 Å². The number of ether oxygens (including phenoxy) is 1. The molecule has 0 aromatic rings. The maximum Gasteiger partial charge on any atom is 0.0586 e. The van der Waals surface area contributed by atoms with Crippen molar-refractivity contribution < 1.29 is 9.84 Å². The summed E-state index contributed by atoms with van der Waals surface area (Å²) in [6.45, 7) is 10.9. The average Bonchev–Trinajstić information content (AvgIpc) is 2.87. The second-order valence-corrected chi connectivity index (χ2v) is 7.13. The third-order valence-electron chi connectivity index (χ3n) is 4.74. The number of piperidine rings is 1. The highest BCUT2D eigenvalue weighted by Crippen LogP contribution is 2.31. The number of aliphatic hydroxyl groups is 1. The molecule has 2 aliphatic rings. The van der Waals surface area contributed by atoms with Crippen LogP contribution in [0.25, 0.3) is 0 Å². The smallest absolute Gasteiger partial charge is 0.0586 e. The Morgan fingerprint density at radius 3 is 2.90 bits per heavy atom. The quantitative estimate of drug-likeness (QED) is 0.743. The number of likely N-dealkylation sites (tertiary alicyclic amines) is 1. The van der Waals surface area contributed by atoms with E-state index in [2.05, 4.69) is 24.1 Å². The van der Waals surface area contributed by atoms with Crippen LogP contribution in [-0.2, 0) is 4.74 Å². The van der Waals surface area contributed by atoms with Crippen LogP contribution in [0.2, 0.25) is 0 Å². The molecule has 0 aromatic heterocycles. The number of nitrogens with zero attached hydrogens (tertiary/aromatic N) is 1. The lowest BCUT2D eigenvalue weighted by Crippen LogP contribution is -2.51. The van der Waals surface area contributed by atoms with Crippen molar-refractivity contribution in [1.29, 1.82) is 0 Å². The van der Waals surface area contributed by atoms with Crippen molar-refractivity contribution in [1.82, 2.24) is 10.2 Å². The molecule has 2 aliphatic heterocycles. The molecule has 2 unspecified atom stereocenters. The highest BCUT2D eigenvalue weighted by atomic mass is 16.5. The van der Waals surface area contributed by atoms with Crippen LogP contribution in [0.5, 0.6) is 0 Å². The van der Waals surface area contributed by atoms with Gasteiger partial charge in [0.15, 0.2) is 0 Å². The Kier molecular flexibility index (Phi) is 6.27. The summed E-state index contributed by atoms with van der Waals surface area (Å²) in [6.07, 6.45) is 4.82. The van der Waals surface area contributed by atoms with E-state index in [4.69, 9.17) is 4.74 Å². The first kappa shape index (κ1) is 16.2. The summed E-state index contributed by atoms with van der Waals surface area (Å²) in [5.41, 5.74) is 0.250. The lowest BCUT2D eigenvalue weighted by atomic mass is 9.85. The van der Waals surface area contributed by atoms with Crippen LogP contribution < -0.4 is 5.32 Å². The third-order valence-corrected chi connectivity index (χ3v) is 4.74. The molecule has 2 atom stereocenters. The second kappa shape index (κ2) is 7.74. The molecule has 118 valence electrons. The number of aliphatic hydroxyl groups excluding tert-OH is 1. The molecule has 2 fully saturated rings. The topological polar surface area (TPSA) is 44.7 Å². The first-order valence-corrected chi connectivity index (χ1v) is 8.28. The van der Waals surface area contributed by atoms with E-state index in [1.807, 2.05) is 0 Å². The number of nitrogens with one attached hydrogen (secondary N) is 1. The zero-order chi connectivity index (χ0) is 14.4. The Bertz CT molecular complexity index is 278. The number of rotatable bonds is 7. The van der Waals surface area contributed by atoms with Crippen LogP contribution in [-0.4, -0.2) is 62.0 Å². The molecule has 4 nitrogen and oxygen atoms in total. The zero-order valence-corrected chi connectivity index (χ0v) is 13.2. The standard InChI is InChI=1S/C16H32N2O2/c1-14(2)9-17-11-16(6-8-20-13-16)12-18-7-4-3-5-15(18)10-19/h14-15,17,19H,3-13H2,1-2H3. The fourth-order valence-corrected chi connectivity index (χ4v) is 3.50. The van der Waals surface area contributed by atoms with E-state index in [1.54, 1.807) is 0 Å². The van der Waals surface area contributed by atoms with E-state index in [1.165, 1.54) is 12.8 Å². The summed E-state index contributed by atoms with van der Waals surface area (Å²) in [5.74, 6) is 0.689. The van der Waals surface area contributed by atoms with Crippen LogP contribution in [0.4, 0.5) is 0 Å². The minimum Gasteiger partial charge on any atom is -0.395 e. The Labute approximate surface area is 123 Å². The van der Waals surface area contributed by atoms with E-state index >= 15 is 0 Å². The van der Waals surface area contributed by atoms with Gasteiger partial charge in [0.2, 0.25) is 0 Å². The van der Waals surface area contributed by atoms with Crippen molar-refractivity contribution >= 4 is 0 Å². The molecule has 0 radical (unpaired) electrons. The summed E-state index contributed by atoms with van der Waals surface area (Å²) >= 11 is 0. The lowest BCUT2D eigenvalue weighted by Gasteiger charge is -2.41. The normalized spacial score (nSPS) is 32.1. The van der Waals surface area contributed by atoms with Gasteiger partial charge in [0, 0.05) is 31.2 Å². The summed E-state index contributed by atoms with van der Waals surface area (Å²) in [6, 6.07) is 0.367. The van der Waals surface area contributed by atoms with Crippen LogP contribution in [0, 0.1) is 11.3 Å². The van der Waals surface area contributed by atoms with E-state index in [-0.39, 0.29) is 5.41 Å². The molecule has 0 aliphatic carbocycles. The van der Waals surface area contributed by atoms with Gasteiger partial charge in [0.05, 0.1) is 13.2 Å². The molecule has 2 rings (SSSR count). The highest BCUT2D eigenvalue weighted by molar-refractivity contribution is 4.91. The maximum absolute atomic E-state index is 9.58. The van der Waals surface area contributed by atoms with Crippen LogP contribution in [0.1, 0.15) is 39.5 Å². The summed E-state index contributed by atoms with van der Waals surface area (Å²) in [7, 11) is 0. The monoisotopic (exact) mass is 284 g/mol. The summed E-state index contributed by atoms with van der Waals surface area (Å²) in [4.78, 5) is 2.51. The third kappa shape index (κ3) is 4.42. The van der Waals surface area contributed by atoms with Gasteiger partial charge in [0.1, 0.15) is 0 Å². The predicted molar refractivity (Wildman–Crippen MR) is 81.9 cm³/mol. The van der Waals surface area contributed by atoms with Crippen molar-refractivity contribution in [2.75, 3.05) is 46.0 Å². The van der Waals surface area contributed by atoms with Crippen LogP contribution in [0.15, 0.2) is 0 Å². The second-order valence-electron chi connectivity index (χ2n) is 7.13. The van der Waals surface area contributed by atoms with Crippen LogP contribution >= 0.6 is 0 Å². The highest BCUT2D eigenvalue weighted by Gasteiger charge is 2.38.